The van der Waals surface area contributed by atoms with Crippen LogP contribution in [0.3, 0.4) is 0 Å². The van der Waals surface area contributed by atoms with Crippen molar-refractivity contribution in [2.75, 3.05) is 7.11 Å². The SMILES string of the molecule is C=C(C)C.CC(C)c1cc(CO)cc2cc(CO)oc12.COC(=O)c1cc2cc(CO)cc(Br)c2o1. The molecule has 2 aromatic heterocycles. The van der Waals surface area contributed by atoms with Gasteiger partial charge in [-0.15, -0.1) is 6.58 Å². The van der Waals surface area contributed by atoms with Crippen molar-refractivity contribution in [3.63, 3.8) is 0 Å². The first-order chi connectivity index (χ1) is 17.0. The van der Waals surface area contributed by atoms with E-state index in [1.54, 1.807) is 18.2 Å². The Morgan fingerprint density at radius 3 is 1.97 bits per heavy atom. The Labute approximate surface area is 219 Å². The number of aliphatic hydroxyl groups excluding tert-OH is 3. The fraction of sp³-hybridized carbons (Fsp3) is 0.321. The fourth-order valence-electron chi connectivity index (χ4n) is 3.36. The van der Waals surface area contributed by atoms with E-state index in [-0.39, 0.29) is 25.6 Å². The van der Waals surface area contributed by atoms with Crippen LogP contribution in [0.25, 0.3) is 21.9 Å². The zero-order valence-corrected chi connectivity index (χ0v) is 22.8. The van der Waals surface area contributed by atoms with Crippen LogP contribution in [-0.2, 0) is 24.6 Å². The molecule has 0 unspecified atom stereocenters. The first-order valence-electron chi connectivity index (χ1n) is 11.3. The van der Waals surface area contributed by atoms with E-state index in [0.717, 1.165) is 33.0 Å². The lowest BCUT2D eigenvalue weighted by molar-refractivity contribution is 0.0567. The molecule has 0 aliphatic rings. The van der Waals surface area contributed by atoms with Crippen LogP contribution in [0.4, 0.5) is 0 Å². The molecule has 0 atom stereocenters. The molecule has 4 aromatic rings. The van der Waals surface area contributed by atoms with Gasteiger partial charge in [0.25, 0.3) is 0 Å². The largest absolute Gasteiger partial charge is 0.463 e. The van der Waals surface area contributed by atoms with E-state index in [9.17, 15) is 9.90 Å². The molecule has 2 aromatic carbocycles. The van der Waals surface area contributed by atoms with Crippen LogP contribution in [0.2, 0.25) is 0 Å². The number of benzene rings is 2. The lowest BCUT2D eigenvalue weighted by Gasteiger charge is -2.08. The molecular formula is C28H33BrO7. The van der Waals surface area contributed by atoms with Crippen molar-refractivity contribution in [2.45, 2.75) is 53.4 Å². The van der Waals surface area contributed by atoms with Crippen LogP contribution < -0.4 is 0 Å². The quantitative estimate of drug-likeness (QED) is 0.186. The summed E-state index contributed by atoms with van der Waals surface area (Å²) in [7, 11) is 1.30. The summed E-state index contributed by atoms with van der Waals surface area (Å²) in [6.07, 6.45) is 0. The second-order valence-corrected chi connectivity index (χ2v) is 9.60. The minimum Gasteiger partial charge on any atom is -0.463 e. The zero-order chi connectivity index (χ0) is 27.0. The van der Waals surface area contributed by atoms with Crippen LogP contribution in [0, 0.1) is 0 Å². The normalized spacial score (nSPS) is 10.6. The molecule has 7 nitrogen and oxygen atoms in total. The Morgan fingerprint density at radius 1 is 0.917 bits per heavy atom. The van der Waals surface area contributed by atoms with Crippen LogP contribution in [0.1, 0.15) is 66.6 Å². The summed E-state index contributed by atoms with van der Waals surface area (Å²) >= 11 is 3.32. The van der Waals surface area contributed by atoms with E-state index in [4.69, 9.17) is 19.0 Å². The summed E-state index contributed by atoms with van der Waals surface area (Å²) in [6.45, 7) is 11.5. The third kappa shape index (κ3) is 7.54. The van der Waals surface area contributed by atoms with Gasteiger partial charge in [-0.25, -0.2) is 4.79 Å². The van der Waals surface area contributed by atoms with Gasteiger partial charge >= 0.3 is 5.97 Å². The molecule has 0 saturated heterocycles. The molecule has 0 amide bonds. The van der Waals surface area contributed by atoms with Crippen LogP contribution in [0.15, 0.2) is 61.9 Å². The predicted molar refractivity (Wildman–Crippen MR) is 144 cm³/mol. The number of hydrogen-bond donors (Lipinski definition) is 3. The maximum atomic E-state index is 11.3. The third-order valence-corrected chi connectivity index (χ3v) is 5.51. The molecule has 0 aliphatic heterocycles. The summed E-state index contributed by atoms with van der Waals surface area (Å²) in [5, 5.41) is 29.0. The molecular weight excluding hydrogens is 528 g/mol. The van der Waals surface area contributed by atoms with Gasteiger partial charge in [0.15, 0.2) is 0 Å². The Hall–Kier alpha value is -2.91. The smallest absolute Gasteiger partial charge is 0.373 e. The molecule has 0 spiro atoms. The van der Waals surface area contributed by atoms with E-state index in [1.165, 1.54) is 12.7 Å². The second kappa shape index (κ2) is 13.4. The highest BCUT2D eigenvalue weighted by Gasteiger charge is 2.15. The number of carbonyl (C=O) groups excluding carboxylic acids is 1. The van der Waals surface area contributed by atoms with Gasteiger partial charge in [-0.2, -0.15) is 0 Å². The molecule has 0 fully saturated rings. The number of aliphatic hydroxyl groups is 3. The van der Waals surface area contributed by atoms with Gasteiger partial charge < -0.3 is 28.9 Å². The number of methoxy groups -OCH3 is 1. The topological polar surface area (TPSA) is 113 Å². The van der Waals surface area contributed by atoms with Crippen molar-refractivity contribution in [1.29, 1.82) is 0 Å². The average Bonchev–Trinajstić information content (AvgIpc) is 3.47. The lowest BCUT2D eigenvalue weighted by atomic mass is 9.98. The Kier molecular flexibility index (Phi) is 10.9. The molecule has 4 rings (SSSR count). The molecule has 0 radical (unpaired) electrons. The van der Waals surface area contributed by atoms with E-state index in [2.05, 4.69) is 41.1 Å². The lowest BCUT2D eigenvalue weighted by Crippen LogP contribution is -1.97. The number of hydrogen-bond acceptors (Lipinski definition) is 7. The van der Waals surface area contributed by atoms with Gasteiger partial charge in [0, 0.05) is 10.8 Å². The van der Waals surface area contributed by atoms with Crippen molar-refractivity contribution < 1.29 is 33.7 Å². The van der Waals surface area contributed by atoms with Crippen LogP contribution in [0.5, 0.6) is 0 Å². The van der Waals surface area contributed by atoms with Crippen molar-refractivity contribution >= 4 is 43.8 Å². The predicted octanol–water partition coefficient (Wildman–Crippen LogP) is 6.60. The van der Waals surface area contributed by atoms with Crippen LogP contribution >= 0.6 is 15.9 Å². The fourth-order valence-corrected chi connectivity index (χ4v) is 3.96. The highest BCUT2D eigenvalue weighted by molar-refractivity contribution is 9.10. The summed E-state index contributed by atoms with van der Waals surface area (Å²) in [5.41, 5.74) is 5.24. The monoisotopic (exact) mass is 560 g/mol. The van der Waals surface area contributed by atoms with E-state index in [1.807, 2.05) is 32.0 Å². The molecule has 194 valence electrons. The summed E-state index contributed by atoms with van der Waals surface area (Å²) in [5.74, 6) is 0.514. The number of allylic oxidation sites excluding steroid dienone is 1. The van der Waals surface area contributed by atoms with Gasteiger partial charge in [-0.05, 0) is 88.8 Å². The first kappa shape index (κ1) is 29.3. The molecule has 0 aliphatic carbocycles. The maximum absolute atomic E-state index is 11.3. The number of ether oxygens (including phenoxy) is 1. The third-order valence-electron chi connectivity index (χ3n) is 4.92. The molecule has 36 heavy (non-hydrogen) atoms. The Balaban J connectivity index is 0.000000221. The molecule has 2 heterocycles. The van der Waals surface area contributed by atoms with Gasteiger partial charge in [-0.1, -0.05) is 19.4 Å². The van der Waals surface area contributed by atoms with Gasteiger partial charge in [-0.3, -0.25) is 0 Å². The number of carbonyl (C=O) groups is 1. The average molecular weight is 561 g/mol. The zero-order valence-electron chi connectivity index (χ0n) is 21.2. The number of rotatable bonds is 5. The van der Waals surface area contributed by atoms with E-state index in [0.29, 0.717) is 21.7 Å². The molecule has 8 heteroatoms. The Bertz CT molecular complexity index is 1330. The van der Waals surface area contributed by atoms with E-state index < -0.39 is 5.97 Å². The van der Waals surface area contributed by atoms with Crippen molar-refractivity contribution in [2.24, 2.45) is 0 Å². The second-order valence-electron chi connectivity index (χ2n) is 8.75. The number of halogens is 1. The first-order valence-corrected chi connectivity index (χ1v) is 12.1. The van der Waals surface area contributed by atoms with Crippen molar-refractivity contribution in [3.8, 4) is 0 Å². The van der Waals surface area contributed by atoms with Crippen molar-refractivity contribution in [3.05, 3.63) is 81.2 Å². The number of furan rings is 2. The summed E-state index contributed by atoms with van der Waals surface area (Å²) in [4.78, 5) is 11.3. The molecule has 3 N–H and O–H groups in total. The number of esters is 1. The minimum absolute atomic E-state index is 0.0231. The summed E-state index contributed by atoms with van der Waals surface area (Å²) < 4.78 is 16.2. The maximum Gasteiger partial charge on any atom is 0.373 e. The van der Waals surface area contributed by atoms with Crippen molar-refractivity contribution in [1.82, 2.24) is 0 Å². The summed E-state index contributed by atoms with van der Waals surface area (Å²) in [6, 6.07) is 10.8. The number of fused-ring (bicyclic) bond motifs is 2. The molecule has 0 bridgehead atoms. The highest BCUT2D eigenvalue weighted by Crippen LogP contribution is 2.30. The van der Waals surface area contributed by atoms with E-state index >= 15 is 0 Å². The van der Waals surface area contributed by atoms with Gasteiger partial charge in [0.05, 0.1) is 24.8 Å². The highest BCUT2D eigenvalue weighted by atomic mass is 79.9. The standard InChI is InChI=1S/C13H16O3.C11H9BrO4.C4H8/c1-8(2)12-4-9(6-14)3-10-5-11(7-15)16-13(10)12;1-15-11(14)9-4-7-2-6(5-13)3-8(12)10(7)16-9;1-4(2)3/h3-5,8,14-15H,6-7H2,1-2H3;2-4,13H,5H2,1H3;1H2,2-3H3. The van der Waals surface area contributed by atoms with Gasteiger partial charge in [0.2, 0.25) is 5.76 Å². The molecule has 0 saturated carbocycles. The minimum atomic E-state index is -0.520. The Morgan fingerprint density at radius 2 is 1.47 bits per heavy atom. The van der Waals surface area contributed by atoms with Gasteiger partial charge in [0.1, 0.15) is 23.5 Å². The van der Waals surface area contributed by atoms with Crippen LogP contribution in [-0.4, -0.2) is 28.4 Å².